The van der Waals surface area contributed by atoms with Gasteiger partial charge in [-0.05, 0) is 72.4 Å². The minimum absolute atomic E-state index is 0.00192. The second-order valence-electron chi connectivity index (χ2n) is 15.4. The topological polar surface area (TPSA) is 158 Å². The van der Waals surface area contributed by atoms with Gasteiger partial charge in [0.2, 0.25) is 5.79 Å². The van der Waals surface area contributed by atoms with Crippen LogP contribution >= 0.6 is 0 Å². The Bertz CT molecular complexity index is 1920. The van der Waals surface area contributed by atoms with Gasteiger partial charge in [0.05, 0.1) is 31.5 Å². The molecule has 1 heterocycles. The molecule has 6 atom stereocenters. The minimum atomic E-state index is -1.44. The maximum Gasteiger partial charge on any atom is 0.412 e. The molecule has 6 rings (SSSR count). The molecule has 1 saturated carbocycles. The lowest BCUT2D eigenvalue weighted by molar-refractivity contribution is -0.253. The summed E-state index contributed by atoms with van der Waals surface area (Å²) in [6.45, 7) is 5.17. The van der Waals surface area contributed by atoms with Crippen LogP contribution < -0.4 is 14.8 Å². The van der Waals surface area contributed by atoms with E-state index in [1.54, 1.807) is 25.3 Å². The molecule has 1 fully saturated rings. The van der Waals surface area contributed by atoms with Crippen LogP contribution in [0.3, 0.4) is 0 Å². The van der Waals surface area contributed by atoms with Crippen molar-refractivity contribution in [1.29, 1.82) is 0 Å². The van der Waals surface area contributed by atoms with E-state index >= 15 is 0 Å². The van der Waals surface area contributed by atoms with Gasteiger partial charge in [0.15, 0.2) is 0 Å². The molecule has 3 aromatic carbocycles. The second kappa shape index (κ2) is 21.9. The van der Waals surface area contributed by atoms with Crippen LogP contribution in [0, 0.1) is 17.8 Å². The molecule has 13 heteroatoms. The van der Waals surface area contributed by atoms with Gasteiger partial charge in [-0.25, -0.2) is 9.59 Å². The number of unbranched alkanes of at least 4 members (excludes halogenated alkanes) is 2. The Morgan fingerprint density at radius 2 is 1.68 bits per heavy atom. The summed E-state index contributed by atoms with van der Waals surface area (Å²) in [7, 11) is 3.18. The summed E-state index contributed by atoms with van der Waals surface area (Å²) < 4.78 is 31.5. The summed E-state index contributed by atoms with van der Waals surface area (Å²) >= 11 is 0. The van der Waals surface area contributed by atoms with E-state index in [4.69, 9.17) is 28.5 Å². The van der Waals surface area contributed by atoms with Gasteiger partial charge in [-0.3, -0.25) is 0 Å². The van der Waals surface area contributed by atoms with E-state index in [1.165, 1.54) is 12.0 Å². The number of hydrogen-bond acceptors (Lipinski definition) is 11. The molecule has 0 aromatic heterocycles. The average molecular weight is 826 g/mol. The number of oxime groups is 1. The summed E-state index contributed by atoms with van der Waals surface area (Å²) in [5, 5.41) is 27.1. The zero-order valence-corrected chi connectivity index (χ0v) is 34.7. The molecule has 0 bridgehead atoms. The largest absolute Gasteiger partial charge is 0.459 e. The number of allylic oxidation sites excluding steroid dienone is 1. The number of nitrogens with one attached hydrogen (secondary N) is 1. The molecule has 0 unspecified atom stereocenters. The van der Waals surface area contributed by atoms with Crippen LogP contribution in [0.1, 0.15) is 67.6 Å². The van der Waals surface area contributed by atoms with Gasteiger partial charge in [0.25, 0.3) is 0 Å². The molecule has 2 aliphatic carbocycles. The van der Waals surface area contributed by atoms with E-state index in [-0.39, 0.29) is 57.2 Å². The zero-order valence-electron chi connectivity index (χ0n) is 34.7. The number of carbonyl (C=O) groups is 2. The predicted octanol–water partition coefficient (Wildman–Crippen LogP) is 7.52. The smallest absolute Gasteiger partial charge is 0.412 e. The standard InChI is InChI=1S/C47H59N3O10/c1-4-25-58-47-42(50(2)46(54)57-27-26-56-32-34-17-9-6-10-18-34)30-40(49-55-3)38-28-35(19-11-13-23-51)37(20-12-14-24-52)43(44(38)47)39-29-36(21-22-41(39)60-47)59-45(53)48-31-33-15-7-5-8-16-33/h4-10,15-18,21-22,28-29,35,37,42-44,51-52H,1,11-14,19-20,23-27,30-32H2,2-3H3,(H,48,53)/t35-,37+,42-,43+,44+,47+/m0/s1. The minimum Gasteiger partial charge on any atom is -0.459 e. The van der Waals surface area contributed by atoms with Crippen LogP contribution in [0.4, 0.5) is 9.59 Å². The molecule has 13 nitrogen and oxygen atoms in total. The van der Waals surface area contributed by atoms with Crippen LogP contribution in [0.25, 0.3) is 0 Å². The molecule has 3 aromatic rings. The molecular formula is C47H59N3O10. The highest BCUT2D eigenvalue weighted by Gasteiger charge is 2.65. The van der Waals surface area contributed by atoms with Crippen molar-refractivity contribution in [3.05, 3.63) is 120 Å². The number of ether oxygens (including phenoxy) is 5. The first kappa shape index (κ1) is 44.3. The normalized spacial score (nSPS) is 23.3. The summed E-state index contributed by atoms with van der Waals surface area (Å²) in [5.74, 6) is -1.31. The number of hydrogen-bond donors (Lipinski definition) is 3. The number of fused-ring (bicyclic) bond motifs is 2. The van der Waals surface area contributed by atoms with E-state index in [0.717, 1.165) is 47.9 Å². The Balaban J connectivity index is 1.38. The molecule has 60 heavy (non-hydrogen) atoms. The quantitative estimate of drug-likeness (QED) is 0.0558. The Hall–Kier alpha value is -5.21. The van der Waals surface area contributed by atoms with Crippen LogP contribution in [0.15, 0.2) is 108 Å². The van der Waals surface area contributed by atoms with Crippen molar-refractivity contribution in [3.63, 3.8) is 0 Å². The Kier molecular flexibility index (Phi) is 16.2. The predicted molar refractivity (Wildman–Crippen MR) is 226 cm³/mol. The number of nitrogens with zero attached hydrogens (tertiary/aromatic N) is 2. The number of carbonyl (C=O) groups excluding carboxylic acids is 2. The number of aliphatic hydroxyl groups is 2. The second-order valence-corrected chi connectivity index (χ2v) is 15.4. The van der Waals surface area contributed by atoms with Gasteiger partial charge in [-0.15, -0.1) is 6.58 Å². The van der Waals surface area contributed by atoms with E-state index in [1.807, 2.05) is 66.7 Å². The van der Waals surface area contributed by atoms with Crippen LogP contribution in [-0.4, -0.2) is 92.0 Å². The lowest BCUT2D eigenvalue weighted by Gasteiger charge is -2.59. The van der Waals surface area contributed by atoms with Crippen molar-refractivity contribution in [2.45, 2.75) is 75.8 Å². The van der Waals surface area contributed by atoms with Gasteiger partial charge in [0.1, 0.15) is 31.3 Å². The van der Waals surface area contributed by atoms with Gasteiger partial charge in [-0.1, -0.05) is 90.8 Å². The number of amides is 2. The van der Waals surface area contributed by atoms with Crippen molar-refractivity contribution in [1.82, 2.24) is 10.2 Å². The van der Waals surface area contributed by atoms with Crippen LogP contribution in [0.5, 0.6) is 11.5 Å². The molecule has 1 aliphatic heterocycles. The SMILES string of the molecule is C=CCO[C@@]12Oc3ccc(OC(=O)NCc4ccccc4)cc3[C@H]3[C@H](CCCCO)[C@@H](CCCCO)C=C(C(=NOC)C[C@@H]1N(C)C(=O)OCCOCc1ccccc1)[C@H]32. The monoisotopic (exact) mass is 825 g/mol. The Morgan fingerprint density at radius 1 is 0.967 bits per heavy atom. The lowest BCUT2D eigenvalue weighted by atomic mass is 9.55. The van der Waals surface area contributed by atoms with Crippen molar-refractivity contribution >= 4 is 17.9 Å². The first-order valence-corrected chi connectivity index (χ1v) is 21.0. The molecule has 0 radical (unpaired) electrons. The lowest BCUT2D eigenvalue weighted by Crippen LogP contribution is -2.69. The molecule has 3 N–H and O–H groups in total. The summed E-state index contributed by atoms with van der Waals surface area (Å²) in [5.41, 5.74) is 4.33. The van der Waals surface area contributed by atoms with Crippen LogP contribution in [-0.2, 0) is 32.2 Å². The molecule has 0 saturated heterocycles. The Labute approximate surface area is 352 Å². The third-order valence-corrected chi connectivity index (χ3v) is 11.7. The molecular weight excluding hydrogens is 767 g/mol. The average Bonchev–Trinajstić information content (AvgIpc) is 3.27. The van der Waals surface area contributed by atoms with Crippen molar-refractivity contribution in [3.8, 4) is 11.5 Å². The molecule has 322 valence electrons. The highest BCUT2D eigenvalue weighted by Crippen LogP contribution is 2.61. The third kappa shape index (κ3) is 10.6. The van der Waals surface area contributed by atoms with Crippen molar-refractivity contribution < 1.29 is 48.3 Å². The maximum atomic E-state index is 14.0. The first-order valence-electron chi connectivity index (χ1n) is 21.0. The van der Waals surface area contributed by atoms with Gasteiger partial charge in [-0.2, -0.15) is 0 Å². The molecule has 2 amide bonds. The highest BCUT2D eigenvalue weighted by molar-refractivity contribution is 6.02. The van der Waals surface area contributed by atoms with E-state index in [2.05, 4.69) is 23.1 Å². The Morgan fingerprint density at radius 3 is 2.38 bits per heavy atom. The molecule has 0 spiro atoms. The van der Waals surface area contributed by atoms with Crippen molar-refractivity contribution in [2.75, 3.05) is 47.2 Å². The zero-order chi connectivity index (χ0) is 42.3. The molecule has 3 aliphatic rings. The first-order chi connectivity index (χ1) is 29.3. The fourth-order valence-corrected chi connectivity index (χ4v) is 9.00. The van der Waals surface area contributed by atoms with Gasteiger partial charge < -0.3 is 49.0 Å². The summed E-state index contributed by atoms with van der Waals surface area (Å²) in [6.07, 6.45) is 7.38. The number of likely N-dealkylation sites (N-methyl/N-ethyl adjacent to an activating group) is 1. The van der Waals surface area contributed by atoms with Gasteiger partial charge >= 0.3 is 12.2 Å². The van der Waals surface area contributed by atoms with E-state index in [9.17, 15) is 19.8 Å². The van der Waals surface area contributed by atoms with E-state index in [0.29, 0.717) is 43.2 Å². The number of benzene rings is 3. The summed E-state index contributed by atoms with van der Waals surface area (Å²) in [4.78, 5) is 34.1. The van der Waals surface area contributed by atoms with Crippen molar-refractivity contribution in [2.24, 2.45) is 22.9 Å². The highest BCUT2D eigenvalue weighted by atomic mass is 16.7. The fraction of sp³-hybridized carbons (Fsp3) is 0.468. The van der Waals surface area contributed by atoms with E-state index < -0.39 is 29.9 Å². The fourth-order valence-electron chi connectivity index (χ4n) is 9.00. The van der Waals surface area contributed by atoms with Crippen LogP contribution in [0.2, 0.25) is 0 Å². The maximum absolute atomic E-state index is 14.0. The van der Waals surface area contributed by atoms with Gasteiger partial charge in [0, 0.05) is 44.7 Å². The number of aliphatic hydroxyl groups excluding tert-OH is 2. The third-order valence-electron chi connectivity index (χ3n) is 11.7. The number of rotatable bonds is 21. The summed E-state index contributed by atoms with van der Waals surface area (Å²) in [6, 6.07) is 24.0.